The molecular formula is C34H39ClN2O2. The molecule has 0 aliphatic heterocycles. The summed E-state index contributed by atoms with van der Waals surface area (Å²) in [5.41, 5.74) is 5.27. The second kappa shape index (κ2) is 11.6. The van der Waals surface area contributed by atoms with E-state index in [0.717, 1.165) is 54.6 Å². The first kappa shape index (κ1) is 28.9. The van der Waals surface area contributed by atoms with Crippen molar-refractivity contribution in [2.45, 2.75) is 72.8 Å². The predicted molar refractivity (Wildman–Crippen MR) is 159 cm³/mol. The monoisotopic (exact) mass is 542 g/mol. The van der Waals surface area contributed by atoms with Crippen LogP contribution in [0.5, 0.6) is 5.75 Å². The highest BCUT2D eigenvalue weighted by atomic mass is 35.5. The van der Waals surface area contributed by atoms with Crippen LogP contribution < -0.4 is 4.74 Å². The van der Waals surface area contributed by atoms with E-state index in [1.54, 1.807) is 18.2 Å². The summed E-state index contributed by atoms with van der Waals surface area (Å²) < 4.78 is 6.40. The molecule has 0 bridgehead atoms. The van der Waals surface area contributed by atoms with Crippen LogP contribution in [-0.2, 0) is 6.42 Å². The minimum atomic E-state index is -0.186. The summed E-state index contributed by atoms with van der Waals surface area (Å²) in [4.78, 5) is 4.94. The van der Waals surface area contributed by atoms with Crippen molar-refractivity contribution in [2.24, 2.45) is 22.7 Å². The highest BCUT2D eigenvalue weighted by molar-refractivity contribution is 6.31. The standard InChI is InChI=1S/C34H39ClN2O2/c1-7-30-28(16-14-26(37-30)18-23-9-11-24(21-38)12-10-23)22(2)8-17-31-33(3,4)32(34(31,5)6)39-27-15-13-25(20-36)29(35)19-27/h13-16,18-19,24,31-32,38H,2,7,9-12,21H2,1,3-6H3/t24?,31-,32-. The molecular weight excluding hydrogens is 504 g/mol. The molecule has 39 heavy (non-hydrogen) atoms. The van der Waals surface area contributed by atoms with E-state index in [4.69, 9.17) is 26.6 Å². The van der Waals surface area contributed by atoms with Crippen LogP contribution in [0.25, 0.3) is 11.6 Å². The van der Waals surface area contributed by atoms with Crippen LogP contribution in [0.2, 0.25) is 5.02 Å². The molecule has 0 radical (unpaired) electrons. The van der Waals surface area contributed by atoms with E-state index in [9.17, 15) is 5.11 Å². The number of aromatic nitrogens is 1. The van der Waals surface area contributed by atoms with E-state index in [1.807, 2.05) is 0 Å². The predicted octanol–water partition coefficient (Wildman–Crippen LogP) is 7.88. The Morgan fingerprint density at radius 2 is 1.87 bits per heavy atom. The van der Waals surface area contributed by atoms with E-state index < -0.39 is 0 Å². The molecule has 0 atom stereocenters. The number of aliphatic hydroxyl groups is 1. The lowest BCUT2D eigenvalue weighted by Crippen LogP contribution is -2.65. The summed E-state index contributed by atoms with van der Waals surface area (Å²) >= 11 is 6.23. The maximum Gasteiger partial charge on any atom is 0.121 e. The van der Waals surface area contributed by atoms with Gasteiger partial charge in [0.05, 0.1) is 16.3 Å². The molecule has 4 rings (SSSR count). The third-order valence-electron chi connectivity index (χ3n) is 8.54. The number of halogens is 1. The van der Waals surface area contributed by atoms with Gasteiger partial charge in [-0.2, -0.15) is 5.26 Å². The maximum absolute atomic E-state index is 9.40. The molecule has 204 valence electrons. The fourth-order valence-corrected chi connectivity index (χ4v) is 6.76. The summed E-state index contributed by atoms with van der Waals surface area (Å²) in [6.45, 7) is 15.5. The van der Waals surface area contributed by atoms with Crippen LogP contribution in [0.4, 0.5) is 0 Å². The Hall–Kier alpha value is -3.05. The van der Waals surface area contributed by atoms with Crippen molar-refractivity contribution < 1.29 is 9.84 Å². The van der Waals surface area contributed by atoms with Gasteiger partial charge in [-0.3, -0.25) is 4.98 Å². The highest BCUT2D eigenvalue weighted by Crippen LogP contribution is 2.60. The molecule has 0 unspecified atom stereocenters. The van der Waals surface area contributed by atoms with Crippen molar-refractivity contribution in [1.82, 2.24) is 4.98 Å². The molecule has 0 saturated heterocycles. The number of hydrogen-bond donors (Lipinski definition) is 1. The molecule has 4 nitrogen and oxygen atoms in total. The van der Waals surface area contributed by atoms with Gasteiger partial charge in [-0.25, -0.2) is 0 Å². The van der Waals surface area contributed by atoms with E-state index in [1.165, 1.54) is 5.57 Å². The lowest BCUT2D eigenvalue weighted by molar-refractivity contribution is -0.172. The van der Waals surface area contributed by atoms with E-state index in [2.05, 4.69) is 77.3 Å². The van der Waals surface area contributed by atoms with Crippen molar-refractivity contribution in [3.05, 3.63) is 70.0 Å². The number of rotatable bonds is 6. The van der Waals surface area contributed by atoms with Crippen molar-refractivity contribution >= 4 is 23.3 Å². The second-order valence-corrected chi connectivity index (χ2v) is 12.5. The number of ether oxygens (including phenoxy) is 1. The highest BCUT2D eigenvalue weighted by Gasteiger charge is 2.63. The Bertz CT molecular complexity index is 1360. The van der Waals surface area contributed by atoms with Crippen LogP contribution in [-0.4, -0.2) is 22.8 Å². The SMILES string of the molecule is C=C(C#C[C@H]1C(C)(C)[C@H](Oc2ccc(C#N)c(Cl)c2)C1(C)C)c1ccc(C=C2CCC(CO)CC2)nc1CC. The number of nitriles is 1. The Morgan fingerprint density at radius 1 is 1.18 bits per heavy atom. The average Bonchev–Trinajstić information content (AvgIpc) is 2.91. The van der Waals surface area contributed by atoms with E-state index in [-0.39, 0.29) is 29.5 Å². The molecule has 1 aromatic heterocycles. The molecule has 0 spiro atoms. The van der Waals surface area contributed by atoms with Gasteiger partial charge in [0, 0.05) is 46.3 Å². The summed E-state index contributed by atoms with van der Waals surface area (Å²) in [7, 11) is 0. The summed E-state index contributed by atoms with van der Waals surface area (Å²) in [5.74, 6) is 8.11. The Morgan fingerprint density at radius 3 is 2.46 bits per heavy atom. The molecule has 2 fully saturated rings. The zero-order valence-corrected chi connectivity index (χ0v) is 24.5. The minimum absolute atomic E-state index is 0.0609. The van der Waals surface area contributed by atoms with Crippen molar-refractivity contribution in [3.63, 3.8) is 0 Å². The number of hydrogen-bond acceptors (Lipinski definition) is 4. The number of aryl methyl sites for hydroxylation is 1. The van der Waals surface area contributed by atoms with Gasteiger partial charge in [0.2, 0.25) is 0 Å². The third kappa shape index (κ3) is 5.94. The largest absolute Gasteiger partial charge is 0.489 e. The van der Waals surface area contributed by atoms with Crippen LogP contribution in [0.1, 0.15) is 82.8 Å². The second-order valence-electron chi connectivity index (χ2n) is 12.1. The fourth-order valence-electron chi connectivity index (χ4n) is 6.55. The topological polar surface area (TPSA) is 66.1 Å². The third-order valence-corrected chi connectivity index (χ3v) is 8.85. The molecule has 0 amide bonds. The smallest absolute Gasteiger partial charge is 0.121 e. The quantitative estimate of drug-likeness (QED) is 0.377. The number of allylic oxidation sites excluding steroid dienone is 2. The van der Waals surface area contributed by atoms with Gasteiger partial charge in [0.25, 0.3) is 0 Å². The Labute approximate surface area is 238 Å². The summed E-state index contributed by atoms with van der Waals surface area (Å²) in [5, 5.41) is 19.0. The van der Waals surface area contributed by atoms with Crippen molar-refractivity contribution in [1.29, 1.82) is 5.26 Å². The van der Waals surface area contributed by atoms with Gasteiger partial charge in [0.15, 0.2) is 0 Å². The molecule has 1 aromatic carbocycles. The number of pyridine rings is 1. The van der Waals surface area contributed by atoms with Gasteiger partial charge in [0.1, 0.15) is 17.9 Å². The van der Waals surface area contributed by atoms with Gasteiger partial charge in [-0.15, -0.1) is 0 Å². The van der Waals surface area contributed by atoms with Crippen molar-refractivity contribution in [2.75, 3.05) is 6.61 Å². The first-order valence-electron chi connectivity index (χ1n) is 13.9. The zero-order valence-electron chi connectivity index (χ0n) is 23.8. The van der Waals surface area contributed by atoms with Gasteiger partial charge in [-0.05, 0) is 68.4 Å². The number of nitrogens with zero attached hydrogens (tertiary/aromatic N) is 2. The van der Waals surface area contributed by atoms with E-state index >= 15 is 0 Å². The zero-order chi connectivity index (χ0) is 28.4. The fraction of sp³-hybridized carbons (Fsp3) is 0.471. The average molecular weight is 543 g/mol. The van der Waals surface area contributed by atoms with Crippen LogP contribution >= 0.6 is 11.6 Å². The van der Waals surface area contributed by atoms with Gasteiger partial charge < -0.3 is 9.84 Å². The molecule has 2 aliphatic carbocycles. The van der Waals surface area contributed by atoms with E-state index in [0.29, 0.717) is 22.3 Å². The summed E-state index contributed by atoms with van der Waals surface area (Å²) in [6.07, 6.45) is 7.13. The molecule has 2 aromatic rings. The van der Waals surface area contributed by atoms with Crippen LogP contribution in [0.15, 0.2) is 42.5 Å². The minimum Gasteiger partial charge on any atom is -0.489 e. The molecule has 1 heterocycles. The molecule has 2 saturated carbocycles. The number of aliphatic hydroxyl groups excluding tert-OH is 1. The maximum atomic E-state index is 9.40. The van der Waals surface area contributed by atoms with Crippen LogP contribution in [0, 0.1) is 45.8 Å². The summed E-state index contributed by atoms with van der Waals surface area (Å²) in [6, 6.07) is 11.5. The first-order chi connectivity index (χ1) is 18.5. The lowest BCUT2D eigenvalue weighted by Gasteiger charge is -2.61. The van der Waals surface area contributed by atoms with Crippen molar-refractivity contribution in [3.8, 4) is 23.7 Å². The van der Waals surface area contributed by atoms with Gasteiger partial charge in [-0.1, -0.05) is 70.2 Å². The normalized spacial score (nSPS) is 23.0. The molecule has 5 heteroatoms. The lowest BCUT2D eigenvalue weighted by atomic mass is 9.46. The molecule has 1 N–H and O–H groups in total. The Kier molecular flexibility index (Phi) is 8.60. The molecule has 2 aliphatic rings. The van der Waals surface area contributed by atoms with Gasteiger partial charge >= 0.3 is 0 Å². The van der Waals surface area contributed by atoms with Crippen LogP contribution in [0.3, 0.4) is 0 Å². The number of benzene rings is 1. The Balaban J connectivity index is 1.48. The first-order valence-corrected chi connectivity index (χ1v) is 14.3.